The number of hydrogen-bond donors (Lipinski definition) is 1. The van der Waals surface area contributed by atoms with Gasteiger partial charge in [-0.05, 0) is 18.1 Å². The lowest BCUT2D eigenvalue weighted by Crippen LogP contribution is -2.28. The van der Waals surface area contributed by atoms with Crippen LogP contribution in [0.2, 0.25) is 0 Å². The highest BCUT2D eigenvalue weighted by Crippen LogP contribution is 2.30. The molecular formula is C19H17N3O3. The molecule has 4 rings (SSSR count). The normalized spacial score (nSPS) is 17.1. The summed E-state index contributed by atoms with van der Waals surface area (Å²) in [7, 11) is 0. The van der Waals surface area contributed by atoms with Crippen LogP contribution in [0.25, 0.3) is 10.9 Å². The maximum absolute atomic E-state index is 12.8. The molecule has 0 saturated carbocycles. The monoisotopic (exact) mass is 335 g/mol. The van der Waals surface area contributed by atoms with E-state index in [1.165, 1.54) is 11.6 Å². The van der Waals surface area contributed by atoms with Gasteiger partial charge in [-0.2, -0.15) is 0 Å². The molecule has 1 atom stereocenters. The van der Waals surface area contributed by atoms with Crippen LogP contribution >= 0.6 is 0 Å². The van der Waals surface area contributed by atoms with Crippen molar-refractivity contribution in [1.82, 2.24) is 9.88 Å². The summed E-state index contributed by atoms with van der Waals surface area (Å²) in [5, 5.41) is 11.8. The Labute approximate surface area is 144 Å². The number of nitrogens with zero attached hydrogens (tertiary/aromatic N) is 2. The number of H-pyrrole nitrogens is 1. The van der Waals surface area contributed by atoms with Gasteiger partial charge < -0.3 is 9.88 Å². The number of non-ortho nitro benzene ring substituents is 1. The maximum Gasteiger partial charge on any atom is 0.293 e. The standard InChI is InChI=1S/C19H17N3O3/c23-19(21-10-9-15(12-21)13-5-2-1-3-6-13)16-11-14-7-4-8-17(22(24)25)18(14)20-16/h1-8,11,15,20H,9-10,12H2. The molecule has 25 heavy (non-hydrogen) atoms. The van der Waals surface area contributed by atoms with Crippen LogP contribution in [0.1, 0.15) is 28.4 Å². The van der Waals surface area contributed by atoms with E-state index in [-0.39, 0.29) is 11.6 Å². The number of amides is 1. The van der Waals surface area contributed by atoms with Gasteiger partial charge in [0, 0.05) is 30.5 Å². The number of hydrogen-bond acceptors (Lipinski definition) is 3. The van der Waals surface area contributed by atoms with Gasteiger partial charge in [0.1, 0.15) is 11.2 Å². The number of aromatic amines is 1. The molecule has 0 radical (unpaired) electrons. The molecule has 2 aromatic carbocycles. The number of nitro benzene ring substituents is 1. The number of nitro groups is 1. The van der Waals surface area contributed by atoms with E-state index in [4.69, 9.17) is 0 Å². The Bertz CT molecular complexity index is 949. The van der Waals surface area contributed by atoms with Gasteiger partial charge in [0.15, 0.2) is 0 Å². The molecule has 6 heteroatoms. The summed E-state index contributed by atoms with van der Waals surface area (Å²) in [6.07, 6.45) is 0.927. The zero-order valence-corrected chi connectivity index (χ0v) is 13.5. The number of benzene rings is 2. The van der Waals surface area contributed by atoms with Crippen LogP contribution in [0.15, 0.2) is 54.6 Å². The van der Waals surface area contributed by atoms with Crippen molar-refractivity contribution >= 4 is 22.5 Å². The summed E-state index contributed by atoms with van der Waals surface area (Å²) in [5.41, 5.74) is 2.03. The lowest BCUT2D eigenvalue weighted by Gasteiger charge is -2.15. The van der Waals surface area contributed by atoms with Crippen molar-refractivity contribution in [2.45, 2.75) is 12.3 Å². The third-order valence-corrected chi connectivity index (χ3v) is 4.81. The van der Waals surface area contributed by atoms with Crippen LogP contribution in [-0.2, 0) is 0 Å². The second kappa shape index (κ2) is 6.05. The Morgan fingerprint density at radius 3 is 2.72 bits per heavy atom. The second-order valence-electron chi connectivity index (χ2n) is 6.33. The van der Waals surface area contributed by atoms with E-state index in [2.05, 4.69) is 17.1 Å². The highest BCUT2D eigenvalue weighted by Gasteiger charge is 2.29. The van der Waals surface area contributed by atoms with Crippen molar-refractivity contribution in [3.05, 3.63) is 76.0 Å². The second-order valence-corrected chi connectivity index (χ2v) is 6.33. The van der Waals surface area contributed by atoms with E-state index in [1.54, 1.807) is 18.2 Å². The van der Waals surface area contributed by atoms with Crippen LogP contribution in [0, 0.1) is 10.1 Å². The number of likely N-dealkylation sites (tertiary alicyclic amines) is 1. The largest absolute Gasteiger partial charge is 0.345 e. The maximum atomic E-state index is 12.8. The van der Waals surface area contributed by atoms with Crippen LogP contribution < -0.4 is 0 Å². The van der Waals surface area contributed by atoms with E-state index < -0.39 is 4.92 Å². The number of carbonyl (C=O) groups is 1. The van der Waals surface area contributed by atoms with E-state index in [9.17, 15) is 14.9 Å². The molecule has 1 aromatic heterocycles. The van der Waals surface area contributed by atoms with Gasteiger partial charge in [0.05, 0.1) is 4.92 Å². The first-order valence-corrected chi connectivity index (χ1v) is 8.24. The van der Waals surface area contributed by atoms with E-state index >= 15 is 0 Å². The summed E-state index contributed by atoms with van der Waals surface area (Å²) in [6, 6.07) is 16.7. The predicted octanol–water partition coefficient (Wildman–Crippen LogP) is 3.71. The number of rotatable bonds is 3. The molecule has 1 fully saturated rings. The molecule has 1 amide bonds. The van der Waals surface area contributed by atoms with Gasteiger partial charge in [-0.15, -0.1) is 0 Å². The average molecular weight is 335 g/mol. The molecule has 1 aliphatic heterocycles. The number of carbonyl (C=O) groups excluding carboxylic acids is 1. The Hall–Kier alpha value is -3.15. The minimum absolute atomic E-state index is 0.0138. The molecule has 2 heterocycles. The van der Waals surface area contributed by atoms with Gasteiger partial charge in [-0.3, -0.25) is 14.9 Å². The summed E-state index contributed by atoms with van der Waals surface area (Å²) in [4.78, 5) is 28.3. The number of nitrogens with one attached hydrogen (secondary N) is 1. The van der Waals surface area contributed by atoms with Gasteiger partial charge in [0.2, 0.25) is 0 Å². The Morgan fingerprint density at radius 1 is 1.16 bits per heavy atom. The molecule has 6 nitrogen and oxygen atoms in total. The number of fused-ring (bicyclic) bond motifs is 1. The molecule has 0 bridgehead atoms. The lowest BCUT2D eigenvalue weighted by atomic mass is 9.99. The zero-order valence-electron chi connectivity index (χ0n) is 13.5. The first kappa shape index (κ1) is 15.4. The Balaban J connectivity index is 1.59. The summed E-state index contributed by atoms with van der Waals surface area (Å²) < 4.78 is 0. The molecule has 126 valence electrons. The fourth-order valence-corrected chi connectivity index (χ4v) is 3.52. The number of aromatic nitrogens is 1. The first-order chi connectivity index (χ1) is 12.1. The molecule has 1 N–H and O–H groups in total. The van der Waals surface area contributed by atoms with Gasteiger partial charge in [0.25, 0.3) is 11.6 Å². The third-order valence-electron chi connectivity index (χ3n) is 4.81. The third kappa shape index (κ3) is 2.76. The van der Waals surface area contributed by atoms with Crippen LogP contribution in [-0.4, -0.2) is 33.8 Å². The van der Waals surface area contributed by atoms with E-state index in [1.807, 2.05) is 23.1 Å². The Morgan fingerprint density at radius 2 is 1.96 bits per heavy atom. The fourth-order valence-electron chi connectivity index (χ4n) is 3.52. The zero-order chi connectivity index (χ0) is 17.4. The number of para-hydroxylation sites is 1. The molecule has 0 aliphatic carbocycles. The minimum atomic E-state index is -0.436. The summed E-state index contributed by atoms with van der Waals surface area (Å²) >= 11 is 0. The van der Waals surface area contributed by atoms with Crippen LogP contribution in [0.3, 0.4) is 0 Å². The molecule has 3 aromatic rings. The predicted molar refractivity (Wildman–Crippen MR) is 94.7 cm³/mol. The summed E-state index contributed by atoms with van der Waals surface area (Å²) in [5.74, 6) is 0.229. The molecule has 1 unspecified atom stereocenters. The van der Waals surface area contributed by atoms with Crippen molar-refractivity contribution in [2.75, 3.05) is 13.1 Å². The minimum Gasteiger partial charge on any atom is -0.345 e. The van der Waals surface area contributed by atoms with Gasteiger partial charge in [-0.1, -0.05) is 42.5 Å². The van der Waals surface area contributed by atoms with Gasteiger partial charge >= 0.3 is 0 Å². The quantitative estimate of drug-likeness (QED) is 0.585. The SMILES string of the molecule is O=C(c1cc2cccc([N+](=O)[O-])c2[nH]1)N1CCC(c2ccccc2)C1. The average Bonchev–Trinajstić information content (AvgIpc) is 3.28. The summed E-state index contributed by atoms with van der Waals surface area (Å²) in [6.45, 7) is 1.36. The molecule has 0 spiro atoms. The Kier molecular flexibility index (Phi) is 3.72. The van der Waals surface area contributed by atoms with E-state index in [0.717, 1.165) is 6.42 Å². The molecule has 1 saturated heterocycles. The fraction of sp³-hybridized carbons (Fsp3) is 0.211. The van der Waals surface area contributed by atoms with Crippen molar-refractivity contribution in [1.29, 1.82) is 0 Å². The van der Waals surface area contributed by atoms with Crippen molar-refractivity contribution in [3.63, 3.8) is 0 Å². The molecular weight excluding hydrogens is 318 g/mol. The van der Waals surface area contributed by atoms with Crippen molar-refractivity contribution in [2.24, 2.45) is 0 Å². The molecule has 1 aliphatic rings. The van der Waals surface area contributed by atoms with Crippen LogP contribution in [0.5, 0.6) is 0 Å². The van der Waals surface area contributed by atoms with E-state index in [0.29, 0.717) is 35.6 Å². The topological polar surface area (TPSA) is 79.2 Å². The smallest absolute Gasteiger partial charge is 0.293 e. The van der Waals surface area contributed by atoms with Crippen molar-refractivity contribution < 1.29 is 9.72 Å². The highest BCUT2D eigenvalue weighted by atomic mass is 16.6. The lowest BCUT2D eigenvalue weighted by molar-refractivity contribution is -0.383. The van der Waals surface area contributed by atoms with Gasteiger partial charge in [-0.25, -0.2) is 0 Å². The van der Waals surface area contributed by atoms with Crippen molar-refractivity contribution in [3.8, 4) is 0 Å². The first-order valence-electron chi connectivity index (χ1n) is 8.24. The highest BCUT2D eigenvalue weighted by molar-refractivity contribution is 6.00. The van der Waals surface area contributed by atoms with Crippen LogP contribution in [0.4, 0.5) is 5.69 Å².